The third-order valence-corrected chi connectivity index (χ3v) is 6.29. The number of carbonyl (C=O) groups is 1. The van der Waals surface area contributed by atoms with E-state index in [1.54, 1.807) is 0 Å². The van der Waals surface area contributed by atoms with Gasteiger partial charge in [-0.1, -0.05) is 35.9 Å². The number of anilines is 1. The number of morpholine rings is 1. The molecule has 4 rings (SSSR count). The molecule has 1 aromatic heterocycles. The van der Waals surface area contributed by atoms with Crippen LogP contribution in [0.1, 0.15) is 11.3 Å². The van der Waals surface area contributed by atoms with Crippen molar-refractivity contribution in [1.82, 2.24) is 9.88 Å². The number of nitro groups is 1. The van der Waals surface area contributed by atoms with Crippen LogP contribution < -0.4 is 5.32 Å². The van der Waals surface area contributed by atoms with Crippen LogP contribution in [0.15, 0.2) is 47.8 Å². The van der Waals surface area contributed by atoms with Crippen molar-refractivity contribution in [3.8, 4) is 10.6 Å². The summed E-state index contributed by atoms with van der Waals surface area (Å²) in [6.45, 7) is 4.36. The van der Waals surface area contributed by atoms with Crippen LogP contribution in [0.2, 0.25) is 5.02 Å². The molecule has 0 aliphatic carbocycles. The monoisotopic (exact) mass is 472 g/mol. The quantitative estimate of drug-likeness (QED) is 0.404. The lowest BCUT2D eigenvalue weighted by molar-refractivity contribution is -0.384. The Hall–Kier alpha value is -2.85. The predicted octanol–water partition coefficient (Wildman–Crippen LogP) is 4.39. The number of hydrogen-bond acceptors (Lipinski definition) is 7. The molecule has 0 atom stereocenters. The maximum Gasteiger partial charge on any atom is 0.271 e. The van der Waals surface area contributed by atoms with E-state index in [4.69, 9.17) is 16.3 Å². The molecule has 8 nitrogen and oxygen atoms in total. The van der Waals surface area contributed by atoms with Crippen molar-refractivity contribution in [2.24, 2.45) is 0 Å². The van der Waals surface area contributed by atoms with Crippen molar-refractivity contribution in [2.75, 3.05) is 31.6 Å². The van der Waals surface area contributed by atoms with E-state index < -0.39 is 4.92 Å². The van der Waals surface area contributed by atoms with Crippen LogP contribution in [-0.2, 0) is 22.5 Å². The third-order valence-electron chi connectivity index (χ3n) is 5.04. The molecule has 0 saturated carbocycles. The van der Waals surface area contributed by atoms with Crippen molar-refractivity contribution in [1.29, 1.82) is 0 Å². The Kier molecular flexibility index (Phi) is 7.11. The second-order valence-electron chi connectivity index (χ2n) is 7.38. The van der Waals surface area contributed by atoms with Gasteiger partial charge in [0, 0.05) is 42.7 Å². The summed E-state index contributed by atoms with van der Waals surface area (Å²) in [5.74, 6) is -0.293. The summed E-state index contributed by atoms with van der Waals surface area (Å²) in [4.78, 5) is 29.6. The molecule has 2 heterocycles. The third kappa shape index (κ3) is 5.68. The maximum absolute atomic E-state index is 12.4. The Bertz CT molecular complexity index is 1110. The Labute approximate surface area is 193 Å². The van der Waals surface area contributed by atoms with E-state index in [1.165, 1.54) is 35.1 Å². The number of hydrogen-bond donors (Lipinski definition) is 1. The van der Waals surface area contributed by atoms with Crippen LogP contribution in [0.5, 0.6) is 0 Å². The summed E-state index contributed by atoms with van der Waals surface area (Å²) < 4.78 is 5.39. The lowest BCUT2D eigenvalue weighted by atomic mass is 10.1. The number of ether oxygens (including phenoxy) is 1. The second kappa shape index (κ2) is 10.2. The van der Waals surface area contributed by atoms with Crippen LogP contribution in [-0.4, -0.2) is 47.0 Å². The molecule has 32 heavy (non-hydrogen) atoms. The van der Waals surface area contributed by atoms with Crippen molar-refractivity contribution in [2.45, 2.75) is 13.0 Å². The first-order chi connectivity index (χ1) is 15.5. The number of halogens is 1. The van der Waals surface area contributed by atoms with Gasteiger partial charge in [-0.05, 0) is 11.6 Å². The molecule has 0 unspecified atom stereocenters. The number of non-ortho nitro benzene ring substituents is 1. The van der Waals surface area contributed by atoms with Crippen molar-refractivity contribution in [3.05, 3.63) is 74.2 Å². The van der Waals surface area contributed by atoms with Gasteiger partial charge in [-0.15, -0.1) is 11.3 Å². The fourth-order valence-corrected chi connectivity index (χ4v) is 4.42. The number of benzene rings is 2. The molecule has 166 valence electrons. The zero-order valence-corrected chi connectivity index (χ0v) is 18.7. The highest BCUT2D eigenvalue weighted by Gasteiger charge is 2.14. The Morgan fingerprint density at radius 3 is 2.66 bits per heavy atom. The Balaban J connectivity index is 1.35. The fourth-order valence-electron chi connectivity index (χ4n) is 3.37. The summed E-state index contributed by atoms with van der Waals surface area (Å²) in [6.07, 6.45) is 0.0823. The first kappa shape index (κ1) is 22.3. The molecule has 1 aliphatic heterocycles. The highest BCUT2D eigenvalue weighted by molar-refractivity contribution is 7.13. The van der Waals surface area contributed by atoms with Crippen LogP contribution in [0, 0.1) is 10.1 Å². The van der Waals surface area contributed by atoms with Gasteiger partial charge in [-0.25, -0.2) is 4.98 Å². The summed E-state index contributed by atoms with van der Waals surface area (Å²) in [6, 6.07) is 12.2. The molecule has 2 aromatic carbocycles. The first-order valence-electron chi connectivity index (χ1n) is 10.1. The first-order valence-corrected chi connectivity index (χ1v) is 11.3. The number of thiazole rings is 1. The average molecular weight is 473 g/mol. The van der Waals surface area contributed by atoms with E-state index in [1.807, 2.05) is 5.38 Å². The molecule has 1 fully saturated rings. The van der Waals surface area contributed by atoms with Gasteiger partial charge in [0.25, 0.3) is 5.69 Å². The van der Waals surface area contributed by atoms with Gasteiger partial charge in [0.05, 0.1) is 41.0 Å². The lowest BCUT2D eigenvalue weighted by Gasteiger charge is -2.26. The second-order valence-corrected chi connectivity index (χ2v) is 8.64. The zero-order chi connectivity index (χ0) is 22.5. The molecule has 1 saturated heterocycles. The van der Waals surface area contributed by atoms with Crippen LogP contribution >= 0.6 is 22.9 Å². The topological polar surface area (TPSA) is 97.6 Å². The lowest BCUT2D eigenvalue weighted by Crippen LogP contribution is -2.35. The van der Waals surface area contributed by atoms with Crippen molar-refractivity contribution < 1.29 is 14.5 Å². The van der Waals surface area contributed by atoms with E-state index in [9.17, 15) is 14.9 Å². The van der Waals surface area contributed by atoms with Gasteiger partial charge < -0.3 is 10.1 Å². The minimum Gasteiger partial charge on any atom is -0.379 e. The number of nitro benzene ring substituents is 1. The van der Waals surface area contributed by atoms with Gasteiger partial charge in [0.2, 0.25) is 5.91 Å². The summed E-state index contributed by atoms with van der Waals surface area (Å²) in [5, 5.41) is 16.3. The van der Waals surface area contributed by atoms with Gasteiger partial charge in [0.15, 0.2) is 0 Å². The molecular weight excluding hydrogens is 452 g/mol. The van der Waals surface area contributed by atoms with Gasteiger partial charge >= 0.3 is 0 Å². The van der Waals surface area contributed by atoms with Crippen molar-refractivity contribution >= 4 is 40.2 Å². The summed E-state index contributed by atoms with van der Waals surface area (Å²) in [5.41, 5.74) is 3.09. The average Bonchev–Trinajstić information content (AvgIpc) is 3.24. The Morgan fingerprint density at radius 2 is 1.97 bits per heavy atom. The number of nitrogens with zero attached hydrogens (tertiary/aromatic N) is 3. The predicted molar refractivity (Wildman–Crippen MR) is 124 cm³/mol. The van der Waals surface area contributed by atoms with Crippen LogP contribution in [0.25, 0.3) is 10.6 Å². The molecule has 0 radical (unpaired) electrons. The number of nitrogens with one attached hydrogen (secondary N) is 1. The molecule has 0 spiro atoms. The number of amides is 1. The van der Waals surface area contributed by atoms with E-state index in [-0.39, 0.29) is 23.0 Å². The van der Waals surface area contributed by atoms with Gasteiger partial charge in [0.1, 0.15) is 5.01 Å². The molecule has 3 aromatic rings. The highest BCUT2D eigenvalue weighted by Crippen LogP contribution is 2.28. The molecule has 1 N–H and O–H groups in total. The normalized spacial score (nSPS) is 14.3. The molecule has 10 heteroatoms. The van der Waals surface area contributed by atoms with E-state index in [0.717, 1.165) is 43.4 Å². The molecule has 1 amide bonds. The summed E-state index contributed by atoms with van der Waals surface area (Å²) in [7, 11) is 0. The number of carbonyl (C=O) groups excluding carboxylic acids is 1. The smallest absolute Gasteiger partial charge is 0.271 e. The largest absolute Gasteiger partial charge is 0.379 e. The standard InChI is InChI=1S/C22H21ClN4O4S/c23-19-12-18(27(29)30)5-6-20(19)25-21(28)11-17-14-32-22(24-17)16-3-1-15(2-4-16)13-26-7-9-31-10-8-26/h1-6,12,14H,7-11,13H2,(H,25,28). The van der Waals surface area contributed by atoms with E-state index in [2.05, 4.69) is 39.5 Å². The van der Waals surface area contributed by atoms with Crippen molar-refractivity contribution in [3.63, 3.8) is 0 Å². The molecule has 0 bridgehead atoms. The highest BCUT2D eigenvalue weighted by atomic mass is 35.5. The number of aromatic nitrogens is 1. The maximum atomic E-state index is 12.4. The minimum atomic E-state index is -0.538. The Morgan fingerprint density at radius 1 is 1.22 bits per heavy atom. The van der Waals surface area contributed by atoms with Crippen LogP contribution in [0.3, 0.4) is 0 Å². The SMILES string of the molecule is O=C(Cc1csc(-c2ccc(CN3CCOCC3)cc2)n1)Nc1ccc([N+](=O)[O-])cc1Cl. The van der Waals surface area contributed by atoms with E-state index >= 15 is 0 Å². The summed E-state index contributed by atoms with van der Waals surface area (Å²) >= 11 is 7.52. The number of rotatable bonds is 7. The van der Waals surface area contributed by atoms with Gasteiger partial charge in [-0.3, -0.25) is 19.8 Å². The minimum absolute atomic E-state index is 0.0823. The zero-order valence-electron chi connectivity index (χ0n) is 17.1. The molecule has 1 aliphatic rings. The molecular formula is C22H21ClN4O4S. The van der Waals surface area contributed by atoms with Gasteiger partial charge in [-0.2, -0.15) is 0 Å². The van der Waals surface area contributed by atoms with E-state index in [0.29, 0.717) is 11.4 Å². The van der Waals surface area contributed by atoms with Crippen LogP contribution in [0.4, 0.5) is 11.4 Å². The fraction of sp³-hybridized carbons (Fsp3) is 0.273.